The van der Waals surface area contributed by atoms with Gasteiger partial charge in [-0.2, -0.15) is 0 Å². The van der Waals surface area contributed by atoms with Crippen molar-refractivity contribution in [3.63, 3.8) is 0 Å². The first-order chi connectivity index (χ1) is 9.51. The molecule has 1 unspecified atom stereocenters. The number of carbonyl (C=O) groups excluding carboxylic acids is 2. The van der Waals surface area contributed by atoms with Crippen LogP contribution in [0.1, 0.15) is 55.3 Å². The van der Waals surface area contributed by atoms with E-state index in [-0.39, 0.29) is 17.5 Å². The summed E-state index contributed by atoms with van der Waals surface area (Å²) in [6.45, 7) is 4.01. The van der Waals surface area contributed by atoms with Crippen LogP contribution in [-0.4, -0.2) is 30.1 Å². The van der Waals surface area contributed by atoms with E-state index in [0.717, 1.165) is 18.6 Å². The van der Waals surface area contributed by atoms with Gasteiger partial charge in [0, 0.05) is 19.0 Å². The van der Waals surface area contributed by atoms with Gasteiger partial charge in [-0.05, 0) is 25.2 Å². The molecule has 1 atom stereocenters. The van der Waals surface area contributed by atoms with Gasteiger partial charge in [-0.25, -0.2) is 0 Å². The minimum atomic E-state index is -0.548. The SMILES string of the molecule is CNC(=O)C(CC(C)C)NC(=O)c1cc(C2CC2)on1. The van der Waals surface area contributed by atoms with Crippen molar-refractivity contribution < 1.29 is 14.1 Å². The van der Waals surface area contributed by atoms with Gasteiger partial charge in [0.2, 0.25) is 5.91 Å². The number of amides is 2. The summed E-state index contributed by atoms with van der Waals surface area (Å²) < 4.78 is 5.15. The summed E-state index contributed by atoms with van der Waals surface area (Å²) in [5.41, 5.74) is 0.240. The summed E-state index contributed by atoms with van der Waals surface area (Å²) in [4.78, 5) is 23.9. The molecule has 1 aliphatic rings. The van der Waals surface area contributed by atoms with Crippen molar-refractivity contribution in [2.75, 3.05) is 7.05 Å². The zero-order valence-electron chi connectivity index (χ0n) is 12.1. The Bertz CT molecular complexity index is 492. The van der Waals surface area contributed by atoms with E-state index < -0.39 is 6.04 Å². The van der Waals surface area contributed by atoms with Crippen molar-refractivity contribution in [3.05, 3.63) is 17.5 Å². The molecule has 6 heteroatoms. The van der Waals surface area contributed by atoms with Crippen LogP contribution in [0.5, 0.6) is 0 Å². The maximum atomic E-state index is 12.1. The number of carbonyl (C=O) groups is 2. The third-order valence-electron chi connectivity index (χ3n) is 3.32. The van der Waals surface area contributed by atoms with Gasteiger partial charge in [0.1, 0.15) is 11.8 Å². The van der Waals surface area contributed by atoms with Gasteiger partial charge < -0.3 is 15.2 Å². The molecule has 1 heterocycles. The molecular formula is C14H21N3O3. The highest BCUT2D eigenvalue weighted by molar-refractivity contribution is 5.96. The van der Waals surface area contributed by atoms with Crippen LogP contribution in [0.15, 0.2) is 10.6 Å². The molecule has 0 spiro atoms. The second kappa shape index (κ2) is 6.07. The monoisotopic (exact) mass is 279 g/mol. The summed E-state index contributed by atoms with van der Waals surface area (Å²) in [6.07, 6.45) is 2.76. The largest absolute Gasteiger partial charge is 0.360 e. The van der Waals surface area contributed by atoms with E-state index in [9.17, 15) is 9.59 Å². The van der Waals surface area contributed by atoms with Gasteiger partial charge in [-0.1, -0.05) is 19.0 Å². The predicted molar refractivity (Wildman–Crippen MR) is 73.3 cm³/mol. The molecule has 1 aromatic rings. The lowest BCUT2D eigenvalue weighted by Gasteiger charge is -2.18. The molecule has 20 heavy (non-hydrogen) atoms. The van der Waals surface area contributed by atoms with Gasteiger partial charge >= 0.3 is 0 Å². The minimum absolute atomic E-state index is 0.196. The lowest BCUT2D eigenvalue weighted by molar-refractivity contribution is -0.122. The molecular weight excluding hydrogens is 258 g/mol. The molecule has 2 N–H and O–H groups in total. The van der Waals surface area contributed by atoms with Gasteiger partial charge in [0.25, 0.3) is 5.91 Å². The molecule has 0 aliphatic heterocycles. The van der Waals surface area contributed by atoms with E-state index in [0.29, 0.717) is 18.3 Å². The molecule has 110 valence electrons. The molecule has 1 aromatic heterocycles. The van der Waals surface area contributed by atoms with E-state index >= 15 is 0 Å². The van der Waals surface area contributed by atoms with Gasteiger partial charge in [-0.15, -0.1) is 0 Å². The molecule has 1 aliphatic carbocycles. The zero-order chi connectivity index (χ0) is 14.7. The Labute approximate surface area is 118 Å². The Morgan fingerprint density at radius 1 is 1.45 bits per heavy atom. The van der Waals surface area contributed by atoms with E-state index in [1.54, 1.807) is 13.1 Å². The van der Waals surface area contributed by atoms with E-state index in [4.69, 9.17) is 4.52 Å². The number of hydrogen-bond donors (Lipinski definition) is 2. The van der Waals surface area contributed by atoms with Crippen LogP contribution in [0, 0.1) is 5.92 Å². The Hall–Kier alpha value is -1.85. The van der Waals surface area contributed by atoms with Crippen LogP contribution in [0.2, 0.25) is 0 Å². The van der Waals surface area contributed by atoms with Crippen molar-refractivity contribution in [2.45, 2.75) is 45.1 Å². The fourth-order valence-corrected chi connectivity index (χ4v) is 2.07. The molecule has 0 bridgehead atoms. The number of nitrogens with zero attached hydrogens (tertiary/aromatic N) is 1. The number of rotatable bonds is 6. The third kappa shape index (κ3) is 3.59. The second-order valence-electron chi connectivity index (χ2n) is 5.66. The zero-order valence-corrected chi connectivity index (χ0v) is 12.1. The van der Waals surface area contributed by atoms with Crippen LogP contribution in [0.25, 0.3) is 0 Å². The Morgan fingerprint density at radius 2 is 2.15 bits per heavy atom. The lowest BCUT2D eigenvalue weighted by atomic mass is 10.0. The van der Waals surface area contributed by atoms with Gasteiger partial charge in [0.15, 0.2) is 5.69 Å². The maximum absolute atomic E-state index is 12.1. The highest BCUT2D eigenvalue weighted by Crippen LogP contribution is 2.40. The molecule has 2 rings (SSSR count). The van der Waals surface area contributed by atoms with Gasteiger partial charge in [-0.3, -0.25) is 9.59 Å². The highest BCUT2D eigenvalue weighted by Gasteiger charge is 2.29. The third-order valence-corrected chi connectivity index (χ3v) is 3.32. The van der Waals surface area contributed by atoms with Crippen molar-refractivity contribution in [1.29, 1.82) is 0 Å². The molecule has 0 radical (unpaired) electrons. The topological polar surface area (TPSA) is 84.2 Å². The number of likely N-dealkylation sites (N-methyl/N-ethyl adjacent to an activating group) is 1. The van der Waals surface area contributed by atoms with Gasteiger partial charge in [0.05, 0.1) is 0 Å². The van der Waals surface area contributed by atoms with E-state index in [2.05, 4.69) is 15.8 Å². The first-order valence-electron chi connectivity index (χ1n) is 7.00. The summed E-state index contributed by atoms with van der Waals surface area (Å²) in [5, 5.41) is 9.05. The van der Waals surface area contributed by atoms with Crippen LogP contribution in [-0.2, 0) is 4.79 Å². The quantitative estimate of drug-likeness (QED) is 0.825. The summed E-state index contributed by atoms with van der Waals surface area (Å²) in [5.74, 6) is 0.912. The Morgan fingerprint density at radius 3 is 2.70 bits per heavy atom. The molecule has 1 saturated carbocycles. The lowest BCUT2D eigenvalue weighted by Crippen LogP contribution is -2.46. The van der Waals surface area contributed by atoms with E-state index in [1.807, 2.05) is 13.8 Å². The summed E-state index contributed by atoms with van der Waals surface area (Å²) in [7, 11) is 1.56. The summed E-state index contributed by atoms with van der Waals surface area (Å²) >= 11 is 0. The number of aromatic nitrogens is 1. The number of nitrogens with one attached hydrogen (secondary N) is 2. The first kappa shape index (κ1) is 14.6. The minimum Gasteiger partial charge on any atom is -0.360 e. The van der Waals surface area contributed by atoms with Crippen molar-refractivity contribution in [2.24, 2.45) is 5.92 Å². The normalized spacial score (nSPS) is 16.0. The standard InChI is InChI=1S/C14H21N3O3/c1-8(2)6-10(13(18)15-3)16-14(19)11-7-12(20-17-11)9-4-5-9/h7-10H,4-6H2,1-3H3,(H,15,18)(H,16,19). The van der Waals surface area contributed by atoms with Crippen molar-refractivity contribution >= 4 is 11.8 Å². The number of hydrogen-bond acceptors (Lipinski definition) is 4. The smallest absolute Gasteiger partial charge is 0.274 e. The fraction of sp³-hybridized carbons (Fsp3) is 0.643. The molecule has 0 aromatic carbocycles. The van der Waals surface area contributed by atoms with Crippen molar-refractivity contribution in [3.8, 4) is 0 Å². The van der Waals surface area contributed by atoms with Crippen LogP contribution >= 0.6 is 0 Å². The van der Waals surface area contributed by atoms with Crippen LogP contribution < -0.4 is 10.6 Å². The molecule has 6 nitrogen and oxygen atoms in total. The fourth-order valence-electron chi connectivity index (χ4n) is 2.07. The maximum Gasteiger partial charge on any atom is 0.274 e. The highest BCUT2D eigenvalue weighted by atomic mass is 16.5. The van der Waals surface area contributed by atoms with Crippen LogP contribution in [0.3, 0.4) is 0 Å². The first-order valence-corrected chi connectivity index (χ1v) is 7.00. The Kier molecular flexibility index (Phi) is 4.42. The Balaban J connectivity index is 2.00. The van der Waals surface area contributed by atoms with Crippen molar-refractivity contribution in [1.82, 2.24) is 15.8 Å². The average Bonchev–Trinajstić information content (AvgIpc) is 3.14. The molecule has 2 amide bonds. The summed E-state index contributed by atoms with van der Waals surface area (Å²) in [6, 6.07) is 1.12. The molecule has 1 fully saturated rings. The second-order valence-corrected chi connectivity index (χ2v) is 5.66. The van der Waals surface area contributed by atoms with Crippen LogP contribution in [0.4, 0.5) is 0 Å². The average molecular weight is 279 g/mol. The molecule has 0 saturated heterocycles. The van der Waals surface area contributed by atoms with E-state index in [1.165, 1.54) is 0 Å². The predicted octanol–water partition coefficient (Wildman–Crippen LogP) is 1.44.